The Bertz CT molecular complexity index is 977. The van der Waals surface area contributed by atoms with Crippen molar-refractivity contribution in [3.05, 3.63) is 69.8 Å². The van der Waals surface area contributed by atoms with Crippen molar-refractivity contribution in [3.63, 3.8) is 0 Å². The van der Waals surface area contributed by atoms with E-state index in [9.17, 15) is 24.6 Å². The van der Waals surface area contributed by atoms with Crippen LogP contribution in [-0.2, 0) is 4.79 Å². The van der Waals surface area contributed by atoms with E-state index >= 15 is 0 Å². The van der Waals surface area contributed by atoms with Gasteiger partial charge in [0.1, 0.15) is 11.5 Å². The Balaban J connectivity index is 1.87. The number of carboxylic acids is 2. The number of aromatic carboxylic acids is 2. The zero-order valence-electron chi connectivity index (χ0n) is 14.5. The number of phenolic OH excluding ortho intramolecular Hbond substituents is 2. The van der Waals surface area contributed by atoms with E-state index in [1.54, 1.807) is 0 Å². The van der Waals surface area contributed by atoms with Crippen LogP contribution in [0, 0.1) is 0 Å². The molecule has 1 fully saturated rings. The summed E-state index contributed by atoms with van der Waals surface area (Å²) in [5, 5.41) is 37.8. The molecular weight excluding hydrogens is 364 g/mol. The highest BCUT2D eigenvalue weighted by molar-refractivity contribution is 6.15. The lowest BCUT2D eigenvalue weighted by molar-refractivity contribution is -0.111. The van der Waals surface area contributed by atoms with Crippen LogP contribution in [0.2, 0.25) is 0 Å². The molecule has 28 heavy (non-hydrogen) atoms. The van der Waals surface area contributed by atoms with Crippen molar-refractivity contribution in [3.8, 4) is 11.5 Å². The van der Waals surface area contributed by atoms with Gasteiger partial charge in [0.05, 0.1) is 11.1 Å². The summed E-state index contributed by atoms with van der Waals surface area (Å²) in [5.74, 6) is -3.04. The van der Waals surface area contributed by atoms with Crippen molar-refractivity contribution < 1.29 is 34.8 Å². The molecule has 0 aliphatic heterocycles. The Hall–Kier alpha value is -3.87. The predicted molar refractivity (Wildman–Crippen MR) is 100 cm³/mol. The first-order valence-electron chi connectivity index (χ1n) is 8.34. The summed E-state index contributed by atoms with van der Waals surface area (Å²) >= 11 is 0. The molecule has 0 atom stereocenters. The molecule has 1 aliphatic rings. The van der Waals surface area contributed by atoms with Crippen molar-refractivity contribution in [2.45, 2.75) is 12.8 Å². The van der Waals surface area contributed by atoms with Crippen LogP contribution in [-0.4, -0.2) is 38.1 Å². The minimum Gasteiger partial charge on any atom is -0.507 e. The molecule has 0 bridgehead atoms. The summed E-state index contributed by atoms with van der Waals surface area (Å²) in [6.07, 6.45) is 3.88. The SMILES string of the molecule is O=C1C(=Cc2ccc(C(=O)O)cc2O)CCC1=Cc1ccc(C(=O)O)cc1O. The van der Waals surface area contributed by atoms with E-state index in [2.05, 4.69) is 0 Å². The van der Waals surface area contributed by atoms with Gasteiger partial charge in [-0.05, 0) is 49.3 Å². The first-order chi connectivity index (χ1) is 13.3. The number of allylic oxidation sites excluding steroid dienone is 2. The number of Topliss-reactive ketones (excluding diaryl/α,β-unsaturated/α-hetero) is 1. The van der Waals surface area contributed by atoms with Gasteiger partial charge < -0.3 is 20.4 Å². The van der Waals surface area contributed by atoms with Crippen LogP contribution in [0.15, 0.2) is 47.5 Å². The second-order valence-electron chi connectivity index (χ2n) is 6.33. The number of ketones is 1. The molecular formula is C21H16O7. The van der Waals surface area contributed by atoms with E-state index in [0.29, 0.717) is 35.1 Å². The van der Waals surface area contributed by atoms with Crippen molar-refractivity contribution in [2.24, 2.45) is 0 Å². The summed E-state index contributed by atoms with van der Waals surface area (Å²) in [6, 6.07) is 7.77. The number of hydrogen-bond donors (Lipinski definition) is 4. The third kappa shape index (κ3) is 3.78. The Kier molecular flexibility index (Phi) is 5.00. The minimum absolute atomic E-state index is 0.0572. The van der Waals surface area contributed by atoms with Gasteiger partial charge in [0, 0.05) is 22.3 Å². The van der Waals surface area contributed by atoms with E-state index in [0.717, 1.165) is 12.1 Å². The zero-order valence-corrected chi connectivity index (χ0v) is 14.5. The molecule has 0 aromatic heterocycles. The van der Waals surface area contributed by atoms with Gasteiger partial charge in [0.25, 0.3) is 0 Å². The molecule has 0 heterocycles. The molecule has 0 spiro atoms. The van der Waals surface area contributed by atoms with Crippen LogP contribution in [0.25, 0.3) is 12.2 Å². The number of hydrogen-bond acceptors (Lipinski definition) is 5. The first kappa shape index (κ1) is 18.9. The van der Waals surface area contributed by atoms with Gasteiger partial charge in [-0.1, -0.05) is 12.1 Å². The van der Waals surface area contributed by atoms with Gasteiger partial charge in [-0.2, -0.15) is 0 Å². The summed E-state index contributed by atoms with van der Waals surface area (Å²) in [5.41, 5.74) is 1.46. The molecule has 0 amide bonds. The standard InChI is InChI=1S/C21H16O7/c22-17-9-15(20(25)26)5-1-11(17)7-13-3-4-14(19(13)24)8-12-2-6-16(21(27)28)10-18(12)23/h1-2,5-10,22-23H,3-4H2,(H,25,26)(H,27,28). The largest absolute Gasteiger partial charge is 0.507 e. The van der Waals surface area contributed by atoms with Gasteiger partial charge in [0.15, 0.2) is 5.78 Å². The molecule has 0 unspecified atom stereocenters. The molecule has 1 aliphatic carbocycles. The Morgan fingerprint density at radius 2 is 1.14 bits per heavy atom. The van der Waals surface area contributed by atoms with Gasteiger partial charge in [-0.25, -0.2) is 9.59 Å². The normalized spacial score (nSPS) is 16.6. The maximum absolute atomic E-state index is 12.6. The van der Waals surface area contributed by atoms with Gasteiger partial charge in [-0.15, -0.1) is 0 Å². The van der Waals surface area contributed by atoms with Crippen molar-refractivity contribution in [1.29, 1.82) is 0 Å². The lowest BCUT2D eigenvalue weighted by Gasteiger charge is -2.03. The molecule has 7 heteroatoms. The molecule has 2 aromatic carbocycles. The van der Waals surface area contributed by atoms with Gasteiger partial charge >= 0.3 is 11.9 Å². The fraction of sp³-hybridized carbons (Fsp3) is 0.0952. The number of aromatic hydroxyl groups is 2. The average molecular weight is 380 g/mol. The lowest BCUT2D eigenvalue weighted by Crippen LogP contribution is -1.98. The number of carboxylic acid groups (broad SMARTS) is 2. The smallest absolute Gasteiger partial charge is 0.335 e. The Morgan fingerprint density at radius 3 is 1.46 bits per heavy atom. The van der Waals surface area contributed by atoms with E-state index in [-0.39, 0.29) is 28.4 Å². The topological polar surface area (TPSA) is 132 Å². The van der Waals surface area contributed by atoms with Crippen molar-refractivity contribution >= 4 is 29.9 Å². The van der Waals surface area contributed by atoms with Crippen LogP contribution in [0.3, 0.4) is 0 Å². The predicted octanol–water partition coefficient (Wildman–Crippen LogP) is 3.32. The molecule has 142 valence electrons. The molecule has 0 saturated heterocycles. The second kappa shape index (κ2) is 7.40. The molecule has 0 radical (unpaired) electrons. The number of carbonyl (C=O) groups excluding carboxylic acids is 1. The number of carbonyl (C=O) groups is 3. The number of benzene rings is 2. The highest BCUT2D eigenvalue weighted by atomic mass is 16.4. The maximum atomic E-state index is 12.6. The van der Waals surface area contributed by atoms with Crippen molar-refractivity contribution in [2.75, 3.05) is 0 Å². The average Bonchev–Trinajstić information content (AvgIpc) is 2.98. The van der Waals surface area contributed by atoms with Gasteiger partial charge in [0.2, 0.25) is 0 Å². The number of rotatable bonds is 4. The summed E-state index contributed by atoms with van der Waals surface area (Å²) in [7, 11) is 0. The highest BCUT2D eigenvalue weighted by Crippen LogP contribution is 2.33. The maximum Gasteiger partial charge on any atom is 0.335 e. The molecule has 2 aromatic rings. The summed E-state index contributed by atoms with van der Waals surface area (Å²) in [6.45, 7) is 0. The van der Waals surface area contributed by atoms with Crippen molar-refractivity contribution in [1.82, 2.24) is 0 Å². The Morgan fingerprint density at radius 1 is 0.750 bits per heavy atom. The van der Waals surface area contributed by atoms with Gasteiger partial charge in [-0.3, -0.25) is 4.79 Å². The second-order valence-corrected chi connectivity index (χ2v) is 6.33. The molecule has 1 saturated carbocycles. The van der Waals surface area contributed by atoms with E-state index in [1.165, 1.54) is 36.4 Å². The van der Waals surface area contributed by atoms with Crippen LogP contribution < -0.4 is 0 Å². The molecule has 3 rings (SSSR count). The fourth-order valence-electron chi connectivity index (χ4n) is 2.95. The first-order valence-corrected chi connectivity index (χ1v) is 8.34. The van der Waals surface area contributed by atoms with Crippen LogP contribution in [0.1, 0.15) is 44.7 Å². The molecule has 7 nitrogen and oxygen atoms in total. The summed E-state index contributed by atoms with van der Waals surface area (Å²) < 4.78 is 0. The summed E-state index contributed by atoms with van der Waals surface area (Å²) in [4.78, 5) is 34.4. The van der Waals surface area contributed by atoms with Crippen LogP contribution in [0.4, 0.5) is 0 Å². The van der Waals surface area contributed by atoms with E-state index < -0.39 is 11.9 Å². The third-order valence-electron chi connectivity index (χ3n) is 4.46. The lowest BCUT2D eigenvalue weighted by atomic mass is 10.0. The minimum atomic E-state index is -1.16. The van der Waals surface area contributed by atoms with Crippen LogP contribution >= 0.6 is 0 Å². The fourth-order valence-corrected chi connectivity index (χ4v) is 2.95. The third-order valence-corrected chi connectivity index (χ3v) is 4.46. The quantitative estimate of drug-likeness (QED) is 0.598. The monoisotopic (exact) mass is 380 g/mol. The zero-order chi connectivity index (χ0) is 20.4. The highest BCUT2D eigenvalue weighted by Gasteiger charge is 2.24. The van der Waals surface area contributed by atoms with E-state index in [4.69, 9.17) is 10.2 Å². The molecule has 4 N–H and O–H groups in total. The van der Waals surface area contributed by atoms with E-state index in [1.807, 2.05) is 0 Å². The number of phenols is 2. The Labute approximate surface area is 159 Å². The van der Waals surface area contributed by atoms with Crippen LogP contribution in [0.5, 0.6) is 11.5 Å².